The molecule has 0 unspecified atom stereocenters. The van der Waals surface area contributed by atoms with Gasteiger partial charge in [0.1, 0.15) is 0 Å². The van der Waals surface area contributed by atoms with Crippen LogP contribution in [0.4, 0.5) is 0 Å². The molecular weight excluding hydrogens is 182 g/mol. The molecule has 1 amide bonds. The lowest BCUT2D eigenvalue weighted by Crippen LogP contribution is -2.40. The lowest BCUT2D eigenvalue weighted by Gasteiger charge is -2.27. The highest BCUT2D eigenvalue weighted by Gasteiger charge is 2.36. The number of rotatable bonds is 5. The zero-order chi connectivity index (χ0) is 11.5. The van der Waals surface area contributed by atoms with Crippen molar-refractivity contribution in [2.75, 3.05) is 0 Å². The van der Waals surface area contributed by atoms with E-state index >= 15 is 0 Å². The largest absolute Gasteiger partial charge is 0.481 e. The Hall–Kier alpha value is -1.06. The van der Waals surface area contributed by atoms with E-state index in [1.54, 1.807) is 13.8 Å². The van der Waals surface area contributed by atoms with Crippen molar-refractivity contribution in [2.45, 2.75) is 27.7 Å². The molecule has 0 aliphatic carbocycles. The van der Waals surface area contributed by atoms with E-state index in [9.17, 15) is 9.59 Å². The predicted molar refractivity (Wildman–Crippen MR) is 53.5 cm³/mol. The van der Waals surface area contributed by atoms with Gasteiger partial charge in [-0.1, -0.05) is 27.7 Å². The number of primary amides is 1. The van der Waals surface area contributed by atoms with Crippen LogP contribution in [0, 0.1) is 23.7 Å². The maximum atomic E-state index is 11.2. The first-order valence-corrected chi connectivity index (χ1v) is 4.81. The third-order valence-electron chi connectivity index (χ3n) is 2.44. The molecule has 0 bridgehead atoms. The van der Waals surface area contributed by atoms with Crippen LogP contribution in [0.5, 0.6) is 0 Å². The van der Waals surface area contributed by atoms with Crippen molar-refractivity contribution in [3.05, 3.63) is 0 Å². The highest BCUT2D eigenvalue weighted by Crippen LogP contribution is 2.27. The van der Waals surface area contributed by atoms with Crippen LogP contribution < -0.4 is 5.73 Å². The molecule has 0 rings (SSSR count). The molecule has 14 heavy (non-hydrogen) atoms. The molecule has 0 fully saturated rings. The van der Waals surface area contributed by atoms with E-state index in [1.165, 1.54) is 0 Å². The Kier molecular flexibility index (Phi) is 4.60. The third kappa shape index (κ3) is 3.01. The van der Waals surface area contributed by atoms with E-state index in [-0.39, 0.29) is 11.8 Å². The van der Waals surface area contributed by atoms with Crippen LogP contribution in [-0.4, -0.2) is 17.0 Å². The second-order valence-corrected chi connectivity index (χ2v) is 4.28. The molecule has 0 saturated carbocycles. The molecule has 0 aromatic carbocycles. The molecule has 3 N–H and O–H groups in total. The number of nitrogens with two attached hydrogens (primary N) is 1. The van der Waals surface area contributed by atoms with E-state index in [2.05, 4.69) is 0 Å². The molecule has 4 heteroatoms. The molecule has 0 radical (unpaired) electrons. The number of hydrogen-bond acceptors (Lipinski definition) is 2. The van der Waals surface area contributed by atoms with Gasteiger partial charge in [-0.2, -0.15) is 0 Å². The van der Waals surface area contributed by atoms with E-state index in [1.807, 2.05) is 13.8 Å². The third-order valence-corrected chi connectivity index (χ3v) is 2.44. The zero-order valence-corrected chi connectivity index (χ0v) is 9.15. The first kappa shape index (κ1) is 12.9. The van der Waals surface area contributed by atoms with Gasteiger partial charge in [-0.05, 0) is 11.8 Å². The van der Waals surface area contributed by atoms with Gasteiger partial charge >= 0.3 is 5.97 Å². The van der Waals surface area contributed by atoms with Gasteiger partial charge in [0.15, 0.2) is 0 Å². The number of amides is 1. The Morgan fingerprint density at radius 1 is 1.00 bits per heavy atom. The van der Waals surface area contributed by atoms with E-state index < -0.39 is 23.7 Å². The lowest BCUT2D eigenvalue weighted by atomic mass is 9.77. The van der Waals surface area contributed by atoms with Crippen molar-refractivity contribution in [1.82, 2.24) is 0 Å². The smallest absolute Gasteiger partial charge is 0.307 e. The van der Waals surface area contributed by atoms with Gasteiger partial charge in [0.2, 0.25) is 5.91 Å². The number of aliphatic carboxylic acids is 1. The summed E-state index contributed by atoms with van der Waals surface area (Å²) < 4.78 is 0. The van der Waals surface area contributed by atoms with Crippen molar-refractivity contribution in [1.29, 1.82) is 0 Å². The molecule has 4 nitrogen and oxygen atoms in total. The Bertz CT molecular complexity index is 199. The van der Waals surface area contributed by atoms with Gasteiger partial charge < -0.3 is 10.8 Å². The van der Waals surface area contributed by atoms with Gasteiger partial charge in [0, 0.05) is 0 Å². The van der Waals surface area contributed by atoms with Crippen molar-refractivity contribution in [3.8, 4) is 0 Å². The number of carbonyl (C=O) groups excluding carboxylic acids is 1. The van der Waals surface area contributed by atoms with Gasteiger partial charge in [0.25, 0.3) is 0 Å². The summed E-state index contributed by atoms with van der Waals surface area (Å²) in [5.74, 6) is -2.89. The fourth-order valence-electron chi connectivity index (χ4n) is 1.77. The SMILES string of the molecule is CC(C)[C@@H](C(N)=O)[C@H](C(=O)O)C(C)C. The van der Waals surface area contributed by atoms with Gasteiger partial charge in [-0.15, -0.1) is 0 Å². The fourth-order valence-corrected chi connectivity index (χ4v) is 1.77. The standard InChI is InChI=1S/C10H19NO3/c1-5(2)7(9(11)12)8(6(3)4)10(13)14/h5-8H,1-4H3,(H2,11,12)(H,13,14)/t7-,8-/m1/s1. The van der Waals surface area contributed by atoms with Gasteiger partial charge in [-0.25, -0.2) is 0 Å². The second-order valence-electron chi connectivity index (χ2n) is 4.28. The summed E-state index contributed by atoms with van der Waals surface area (Å²) in [6, 6.07) is 0. The van der Waals surface area contributed by atoms with Crippen LogP contribution >= 0.6 is 0 Å². The summed E-state index contributed by atoms with van der Waals surface area (Å²) >= 11 is 0. The van der Waals surface area contributed by atoms with Crippen molar-refractivity contribution >= 4 is 11.9 Å². The second kappa shape index (κ2) is 4.98. The first-order valence-electron chi connectivity index (χ1n) is 4.81. The number of hydrogen-bond donors (Lipinski definition) is 2. The van der Waals surface area contributed by atoms with Crippen LogP contribution in [0.1, 0.15) is 27.7 Å². The minimum atomic E-state index is -0.947. The monoisotopic (exact) mass is 201 g/mol. The topological polar surface area (TPSA) is 80.4 Å². The average molecular weight is 201 g/mol. The zero-order valence-electron chi connectivity index (χ0n) is 9.15. The minimum Gasteiger partial charge on any atom is -0.481 e. The predicted octanol–water partition coefficient (Wildman–Crippen LogP) is 1.10. The van der Waals surface area contributed by atoms with Crippen molar-refractivity contribution < 1.29 is 14.7 Å². The fraction of sp³-hybridized carbons (Fsp3) is 0.800. The molecule has 0 heterocycles. The van der Waals surface area contributed by atoms with E-state index in [4.69, 9.17) is 10.8 Å². The highest BCUT2D eigenvalue weighted by molar-refractivity contribution is 5.83. The maximum absolute atomic E-state index is 11.2. The molecule has 0 spiro atoms. The summed E-state index contributed by atoms with van der Waals surface area (Å²) in [6.45, 7) is 7.20. The number of carbonyl (C=O) groups is 2. The van der Waals surface area contributed by atoms with Crippen LogP contribution in [0.2, 0.25) is 0 Å². The lowest BCUT2D eigenvalue weighted by molar-refractivity contribution is -0.150. The Morgan fingerprint density at radius 2 is 1.36 bits per heavy atom. The molecule has 0 aliphatic rings. The highest BCUT2D eigenvalue weighted by atomic mass is 16.4. The van der Waals surface area contributed by atoms with Crippen LogP contribution in [0.15, 0.2) is 0 Å². The maximum Gasteiger partial charge on any atom is 0.307 e. The molecule has 0 aromatic rings. The summed E-state index contributed by atoms with van der Waals surface area (Å²) in [6.07, 6.45) is 0. The van der Waals surface area contributed by atoms with Crippen LogP contribution in [0.3, 0.4) is 0 Å². The van der Waals surface area contributed by atoms with Gasteiger partial charge in [-0.3, -0.25) is 9.59 Å². The van der Waals surface area contributed by atoms with Crippen LogP contribution in [-0.2, 0) is 9.59 Å². The molecule has 0 saturated heterocycles. The average Bonchev–Trinajstić information content (AvgIpc) is 1.96. The van der Waals surface area contributed by atoms with E-state index in [0.29, 0.717) is 0 Å². The van der Waals surface area contributed by atoms with E-state index in [0.717, 1.165) is 0 Å². The normalized spacial score (nSPS) is 15.6. The summed E-state index contributed by atoms with van der Waals surface area (Å²) in [7, 11) is 0. The molecule has 0 aliphatic heterocycles. The number of carboxylic acids is 1. The minimum absolute atomic E-state index is 0.0454. The molecule has 2 atom stereocenters. The molecule has 82 valence electrons. The van der Waals surface area contributed by atoms with Crippen molar-refractivity contribution in [2.24, 2.45) is 29.4 Å². The Morgan fingerprint density at radius 3 is 1.43 bits per heavy atom. The van der Waals surface area contributed by atoms with Crippen LogP contribution in [0.25, 0.3) is 0 Å². The van der Waals surface area contributed by atoms with Crippen molar-refractivity contribution in [3.63, 3.8) is 0 Å². The molecular formula is C10H19NO3. The first-order chi connectivity index (χ1) is 6.29. The molecule has 0 aromatic heterocycles. The van der Waals surface area contributed by atoms with Gasteiger partial charge in [0.05, 0.1) is 11.8 Å². The summed E-state index contributed by atoms with van der Waals surface area (Å²) in [5, 5.41) is 9.00. The Labute approximate surface area is 84.5 Å². The quantitative estimate of drug-likeness (QED) is 0.699. The Balaban J connectivity index is 4.93. The number of carboxylic acid groups (broad SMARTS) is 1. The summed E-state index contributed by atoms with van der Waals surface area (Å²) in [4.78, 5) is 22.1. The summed E-state index contributed by atoms with van der Waals surface area (Å²) in [5.41, 5.74) is 5.21.